The van der Waals surface area contributed by atoms with Gasteiger partial charge in [-0.25, -0.2) is 0 Å². The lowest BCUT2D eigenvalue weighted by Crippen LogP contribution is -1.86. The molecule has 0 aliphatic heterocycles. The fraction of sp³-hybridized carbons (Fsp3) is 0.583. The first-order chi connectivity index (χ1) is 6.25. The van der Waals surface area contributed by atoms with Crippen molar-refractivity contribution in [2.75, 3.05) is 0 Å². The average Bonchev–Trinajstić information content (AvgIpc) is 2.48. The highest BCUT2D eigenvalue weighted by Gasteiger charge is 2.16. The summed E-state index contributed by atoms with van der Waals surface area (Å²) in [7, 11) is 0. The zero-order valence-electron chi connectivity index (χ0n) is 9.30. The molecule has 0 radical (unpaired) electrons. The van der Waals surface area contributed by atoms with Gasteiger partial charge in [0.15, 0.2) is 0 Å². The van der Waals surface area contributed by atoms with Gasteiger partial charge in [-0.15, -0.1) is 0 Å². The third-order valence-electron chi connectivity index (χ3n) is 2.34. The summed E-state index contributed by atoms with van der Waals surface area (Å²) >= 11 is 0. The predicted octanol–water partition coefficient (Wildman–Crippen LogP) is 3.97. The Morgan fingerprint density at radius 2 is 2.08 bits per heavy atom. The number of rotatable bonds is 2. The van der Waals surface area contributed by atoms with Crippen LogP contribution in [0, 0.1) is 5.92 Å². The number of allylic oxidation sites excluding steroid dienone is 3. The fourth-order valence-corrected chi connectivity index (χ4v) is 1.36. The first-order valence-corrected chi connectivity index (χ1v) is 5.10. The number of hydrogen-bond acceptors (Lipinski definition) is 1. The third kappa shape index (κ3) is 3.58. The van der Waals surface area contributed by atoms with Crippen LogP contribution in [0.4, 0.5) is 0 Å². The van der Waals surface area contributed by atoms with Crippen LogP contribution in [0.25, 0.3) is 0 Å². The molecule has 1 atom stereocenters. The molecule has 1 nitrogen and oxygen atoms in total. The molecule has 0 aromatic carbocycles. The van der Waals surface area contributed by atoms with E-state index in [4.69, 9.17) is 0 Å². The molecule has 0 spiro atoms. The molecule has 1 unspecified atom stereocenters. The standard InChI is InChI=1S/C10H15N.C2H6/c1-4-7-11-10-6-5-8(2)9(10)3;1-2/h4,7-8H,1,5-6H2,2-3H3;1-2H3. The van der Waals surface area contributed by atoms with Crippen LogP contribution in [-0.4, -0.2) is 6.21 Å². The fourth-order valence-electron chi connectivity index (χ4n) is 1.36. The van der Waals surface area contributed by atoms with Crippen molar-refractivity contribution in [3.05, 3.63) is 23.9 Å². The molecule has 0 bridgehead atoms. The Labute approximate surface area is 82.3 Å². The summed E-state index contributed by atoms with van der Waals surface area (Å²) in [5.41, 5.74) is 2.71. The van der Waals surface area contributed by atoms with E-state index in [9.17, 15) is 0 Å². The van der Waals surface area contributed by atoms with Crippen LogP contribution in [0.5, 0.6) is 0 Å². The van der Waals surface area contributed by atoms with E-state index >= 15 is 0 Å². The lowest BCUT2D eigenvalue weighted by Gasteiger charge is -2.00. The van der Waals surface area contributed by atoms with Crippen molar-refractivity contribution in [1.82, 2.24) is 0 Å². The highest BCUT2D eigenvalue weighted by atomic mass is 14.7. The highest BCUT2D eigenvalue weighted by Crippen LogP contribution is 2.31. The van der Waals surface area contributed by atoms with Gasteiger partial charge in [-0.2, -0.15) is 0 Å². The molecule has 0 N–H and O–H groups in total. The summed E-state index contributed by atoms with van der Waals surface area (Å²) < 4.78 is 0. The molecule has 0 fully saturated rings. The van der Waals surface area contributed by atoms with Crippen molar-refractivity contribution >= 4 is 6.21 Å². The third-order valence-corrected chi connectivity index (χ3v) is 2.34. The van der Waals surface area contributed by atoms with Crippen LogP contribution in [0.3, 0.4) is 0 Å². The van der Waals surface area contributed by atoms with E-state index in [-0.39, 0.29) is 0 Å². The van der Waals surface area contributed by atoms with Crippen LogP contribution in [0.15, 0.2) is 28.9 Å². The van der Waals surface area contributed by atoms with Crippen LogP contribution >= 0.6 is 0 Å². The first-order valence-electron chi connectivity index (χ1n) is 5.10. The molecule has 1 aliphatic rings. The molecular weight excluding hydrogens is 158 g/mol. The molecule has 0 heterocycles. The SMILES string of the molecule is C=CC=NC1=C(C)C(C)CC1.CC. The van der Waals surface area contributed by atoms with Crippen LogP contribution < -0.4 is 0 Å². The molecule has 13 heavy (non-hydrogen) atoms. The lowest BCUT2D eigenvalue weighted by atomic mass is 10.1. The van der Waals surface area contributed by atoms with E-state index in [0.29, 0.717) is 0 Å². The number of hydrogen-bond donors (Lipinski definition) is 0. The summed E-state index contributed by atoms with van der Waals surface area (Å²) in [6.07, 6.45) is 5.90. The average molecular weight is 179 g/mol. The second kappa shape index (κ2) is 6.64. The van der Waals surface area contributed by atoms with Crippen molar-refractivity contribution in [1.29, 1.82) is 0 Å². The summed E-state index contributed by atoms with van der Waals surface area (Å²) in [5, 5.41) is 0. The predicted molar refractivity (Wildman–Crippen MR) is 61.1 cm³/mol. The highest BCUT2D eigenvalue weighted by molar-refractivity contribution is 5.71. The van der Waals surface area contributed by atoms with Crippen molar-refractivity contribution < 1.29 is 0 Å². The summed E-state index contributed by atoms with van der Waals surface area (Å²) in [6, 6.07) is 0. The Balaban J connectivity index is 0.000000671. The van der Waals surface area contributed by atoms with Gasteiger partial charge in [-0.3, -0.25) is 4.99 Å². The summed E-state index contributed by atoms with van der Waals surface area (Å²) in [4.78, 5) is 4.31. The van der Waals surface area contributed by atoms with Gasteiger partial charge in [0.2, 0.25) is 0 Å². The molecule has 0 aromatic rings. The van der Waals surface area contributed by atoms with Gasteiger partial charge >= 0.3 is 0 Å². The van der Waals surface area contributed by atoms with E-state index in [0.717, 1.165) is 12.3 Å². The topological polar surface area (TPSA) is 12.4 Å². The van der Waals surface area contributed by atoms with Gasteiger partial charge in [0.25, 0.3) is 0 Å². The largest absolute Gasteiger partial charge is 0.261 e. The normalized spacial score (nSPS) is 21.7. The molecular formula is C12H21N. The Hall–Kier alpha value is -0.850. The van der Waals surface area contributed by atoms with E-state index in [1.807, 2.05) is 13.8 Å². The first kappa shape index (κ1) is 12.2. The van der Waals surface area contributed by atoms with Crippen LogP contribution in [-0.2, 0) is 0 Å². The van der Waals surface area contributed by atoms with Gasteiger partial charge in [0.1, 0.15) is 0 Å². The van der Waals surface area contributed by atoms with Gasteiger partial charge in [0, 0.05) is 11.9 Å². The minimum absolute atomic E-state index is 0.729. The maximum atomic E-state index is 4.31. The van der Waals surface area contributed by atoms with Crippen LogP contribution in [0.1, 0.15) is 40.5 Å². The molecule has 74 valence electrons. The van der Waals surface area contributed by atoms with E-state index in [1.54, 1.807) is 12.3 Å². The number of nitrogens with zero attached hydrogens (tertiary/aromatic N) is 1. The van der Waals surface area contributed by atoms with Crippen molar-refractivity contribution in [2.24, 2.45) is 10.9 Å². The van der Waals surface area contributed by atoms with Crippen molar-refractivity contribution in [3.63, 3.8) is 0 Å². The second-order valence-electron chi connectivity index (χ2n) is 3.08. The Morgan fingerprint density at radius 3 is 2.46 bits per heavy atom. The van der Waals surface area contributed by atoms with Gasteiger partial charge in [-0.1, -0.05) is 33.4 Å². The second-order valence-corrected chi connectivity index (χ2v) is 3.08. The number of aliphatic imine (C=N–C) groups is 1. The van der Waals surface area contributed by atoms with E-state index in [2.05, 4.69) is 25.4 Å². The van der Waals surface area contributed by atoms with Gasteiger partial charge < -0.3 is 0 Å². The molecule has 1 rings (SSSR count). The monoisotopic (exact) mass is 179 g/mol. The zero-order valence-corrected chi connectivity index (χ0v) is 9.30. The van der Waals surface area contributed by atoms with Crippen molar-refractivity contribution in [3.8, 4) is 0 Å². The molecule has 1 aliphatic carbocycles. The maximum absolute atomic E-state index is 4.31. The van der Waals surface area contributed by atoms with E-state index in [1.165, 1.54) is 17.7 Å². The molecule has 0 aromatic heterocycles. The lowest BCUT2D eigenvalue weighted by molar-refractivity contribution is 0.669. The van der Waals surface area contributed by atoms with Gasteiger partial charge in [0.05, 0.1) is 0 Å². The van der Waals surface area contributed by atoms with Crippen LogP contribution in [0.2, 0.25) is 0 Å². The Morgan fingerprint density at radius 1 is 1.46 bits per heavy atom. The smallest absolute Gasteiger partial charge is 0.0395 e. The molecule has 0 saturated carbocycles. The molecule has 0 saturated heterocycles. The van der Waals surface area contributed by atoms with Crippen molar-refractivity contribution in [2.45, 2.75) is 40.5 Å². The molecule has 1 heteroatoms. The summed E-state index contributed by atoms with van der Waals surface area (Å²) in [5.74, 6) is 0.729. The quantitative estimate of drug-likeness (QED) is 0.569. The molecule has 0 amide bonds. The minimum atomic E-state index is 0.729. The van der Waals surface area contributed by atoms with E-state index < -0.39 is 0 Å². The maximum Gasteiger partial charge on any atom is 0.0395 e. The summed E-state index contributed by atoms with van der Waals surface area (Å²) in [6.45, 7) is 12.0. The Kier molecular flexibility index (Phi) is 6.21. The minimum Gasteiger partial charge on any atom is -0.261 e. The Bertz CT molecular complexity index is 211. The van der Waals surface area contributed by atoms with Gasteiger partial charge in [-0.05, 0) is 31.3 Å². The zero-order chi connectivity index (χ0) is 10.3.